The molecule has 0 fully saturated rings. The van der Waals surface area contributed by atoms with Crippen molar-refractivity contribution in [1.82, 2.24) is 10.2 Å². The Morgan fingerprint density at radius 3 is 2.56 bits per heavy atom. The van der Waals surface area contributed by atoms with Crippen molar-refractivity contribution in [2.75, 3.05) is 12.4 Å². The predicted molar refractivity (Wildman–Crippen MR) is 95.6 cm³/mol. The summed E-state index contributed by atoms with van der Waals surface area (Å²) in [6.45, 7) is 3.52. The van der Waals surface area contributed by atoms with Crippen LogP contribution in [0, 0.1) is 5.82 Å². The number of halogens is 1. The minimum Gasteiger partial charge on any atom is -0.334 e. The normalized spacial score (nSPS) is 11.5. The van der Waals surface area contributed by atoms with E-state index in [0.717, 1.165) is 5.56 Å². The summed E-state index contributed by atoms with van der Waals surface area (Å²) in [6.07, 6.45) is 0. The minimum absolute atomic E-state index is 0.153. The zero-order chi connectivity index (χ0) is 18.4. The van der Waals surface area contributed by atoms with Crippen LogP contribution in [-0.4, -0.2) is 23.9 Å². The van der Waals surface area contributed by atoms with Gasteiger partial charge in [0.2, 0.25) is 5.91 Å². The molecule has 6 heteroatoms. The van der Waals surface area contributed by atoms with E-state index in [9.17, 15) is 14.0 Å². The quantitative estimate of drug-likeness (QED) is 0.870. The number of anilines is 1. The molecule has 3 amide bonds. The molecule has 0 bridgehead atoms. The average Bonchev–Trinajstić information content (AvgIpc) is 2.58. The summed E-state index contributed by atoms with van der Waals surface area (Å²) >= 11 is 0. The lowest BCUT2D eigenvalue weighted by Gasteiger charge is -2.26. The summed E-state index contributed by atoms with van der Waals surface area (Å²) in [7, 11) is 1.63. The van der Waals surface area contributed by atoms with E-state index in [0.29, 0.717) is 17.8 Å². The first-order chi connectivity index (χ1) is 11.9. The van der Waals surface area contributed by atoms with Crippen LogP contribution in [-0.2, 0) is 11.3 Å². The number of urea groups is 1. The summed E-state index contributed by atoms with van der Waals surface area (Å²) in [5.74, 6) is -0.489. The van der Waals surface area contributed by atoms with E-state index in [2.05, 4.69) is 10.6 Å². The molecule has 0 aliphatic heterocycles. The molecule has 2 aromatic rings. The van der Waals surface area contributed by atoms with Gasteiger partial charge in [0.25, 0.3) is 0 Å². The summed E-state index contributed by atoms with van der Waals surface area (Å²) in [6, 6.07) is 12.9. The Bertz CT molecular complexity index is 764. The van der Waals surface area contributed by atoms with E-state index in [1.54, 1.807) is 50.4 Å². The third-order valence-electron chi connectivity index (χ3n) is 3.95. The third-order valence-corrected chi connectivity index (χ3v) is 3.95. The number of amides is 3. The maximum Gasteiger partial charge on any atom is 0.317 e. The van der Waals surface area contributed by atoms with Crippen molar-refractivity contribution in [2.45, 2.75) is 26.4 Å². The topological polar surface area (TPSA) is 61.4 Å². The number of nitrogens with one attached hydrogen (secondary N) is 2. The first-order valence-corrected chi connectivity index (χ1v) is 8.00. The first-order valence-electron chi connectivity index (χ1n) is 8.00. The molecule has 0 aliphatic carbocycles. The summed E-state index contributed by atoms with van der Waals surface area (Å²) < 4.78 is 13.9. The predicted octanol–water partition coefficient (Wildman–Crippen LogP) is 3.69. The number of carbonyl (C=O) groups is 2. The maximum absolute atomic E-state index is 13.9. The summed E-state index contributed by atoms with van der Waals surface area (Å²) in [5, 5.41) is 5.50. The number of nitrogens with zero attached hydrogens (tertiary/aromatic N) is 1. The highest BCUT2D eigenvalue weighted by Gasteiger charge is 2.19. The van der Waals surface area contributed by atoms with Gasteiger partial charge in [0.1, 0.15) is 5.82 Å². The molecule has 5 nitrogen and oxygen atoms in total. The van der Waals surface area contributed by atoms with Gasteiger partial charge in [-0.1, -0.05) is 30.3 Å². The fourth-order valence-corrected chi connectivity index (χ4v) is 2.46. The third kappa shape index (κ3) is 5.04. The molecule has 0 aromatic heterocycles. The number of carbonyl (C=O) groups excluding carboxylic acids is 2. The van der Waals surface area contributed by atoms with E-state index in [1.807, 2.05) is 6.07 Å². The molecule has 0 saturated heterocycles. The molecule has 2 aromatic carbocycles. The van der Waals surface area contributed by atoms with Crippen molar-refractivity contribution >= 4 is 17.6 Å². The molecule has 0 heterocycles. The van der Waals surface area contributed by atoms with Crippen molar-refractivity contribution in [3.8, 4) is 0 Å². The number of benzene rings is 2. The Morgan fingerprint density at radius 1 is 1.16 bits per heavy atom. The van der Waals surface area contributed by atoms with Crippen LogP contribution in [0.4, 0.5) is 14.9 Å². The van der Waals surface area contributed by atoms with Gasteiger partial charge in [0.15, 0.2) is 0 Å². The molecule has 2 N–H and O–H groups in total. The van der Waals surface area contributed by atoms with Gasteiger partial charge in [-0.25, -0.2) is 9.18 Å². The molecule has 132 valence electrons. The van der Waals surface area contributed by atoms with Gasteiger partial charge < -0.3 is 15.5 Å². The van der Waals surface area contributed by atoms with E-state index in [1.165, 1.54) is 17.9 Å². The van der Waals surface area contributed by atoms with Crippen LogP contribution in [0.25, 0.3) is 0 Å². The number of hydrogen-bond donors (Lipinski definition) is 2. The second-order valence-electron chi connectivity index (χ2n) is 5.85. The molecule has 2 rings (SSSR count). The highest BCUT2D eigenvalue weighted by atomic mass is 19.1. The van der Waals surface area contributed by atoms with Crippen molar-refractivity contribution in [3.05, 3.63) is 65.5 Å². The lowest BCUT2D eigenvalue weighted by Crippen LogP contribution is -2.38. The second kappa shape index (κ2) is 8.28. The molecule has 25 heavy (non-hydrogen) atoms. The van der Waals surface area contributed by atoms with Crippen molar-refractivity contribution in [2.24, 2.45) is 0 Å². The van der Waals surface area contributed by atoms with E-state index in [4.69, 9.17) is 0 Å². The van der Waals surface area contributed by atoms with Gasteiger partial charge in [-0.2, -0.15) is 0 Å². The Kier molecular flexibility index (Phi) is 6.11. The van der Waals surface area contributed by atoms with E-state index >= 15 is 0 Å². The van der Waals surface area contributed by atoms with Gasteiger partial charge in [0, 0.05) is 31.8 Å². The van der Waals surface area contributed by atoms with E-state index in [-0.39, 0.29) is 17.8 Å². The van der Waals surface area contributed by atoms with Crippen molar-refractivity contribution in [1.29, 1.82) is 0 Å². The van der Waals surface area contributed by atoms with E-state index < -0.39 is 6.04 Å². The molecule has 0 radical (unpaired) electrons. The molecule has 0 unspecified atom stereocenters. The van der Waals surface area contributed by atoms with Crippen LogP contribution in [0.3, 0.4) is 0 Å². The van der Waals surface area contributed by atoms with Crippen LogP contribution < -0.4 is 10.6 Å². The summed E-state index contributed by atoms with van der Waals surface area (Å²) in [4.78, 5) is 24.9. The van der Waals surface area contributed by atoms with Crippen LogP contribution in [0.5, 0.6) is 0 Å². The monoisotopic (exact) mass is 343 g/mol. The number of rotatable bonds is 5. The van der Waals surface area contributed by atoms with Crippen LogP contribution >= 0.6 is 0 Å². The molecular weight excluding hydrogens is 321 g/mol. The standard InChI is InChI=1S/C19H22FN3O2/c1-13(17-9-4-5-10-18(17)20)23(3)19(25)21-12-15-7-6-8-16(11-15)22-14(2)24/h4-11,13H,12H2,1-3H3,(H,21,25)(H,22,24)/t13-/m1/s1. The average molecular weight is 343 g/mol. The first kappa shape index (κ1) is 18.4. The zero-order valence-corrected chi connectivity index (χ0v) is 14.5. The molecule has 0 spiro atoms. The lowest BCUT2D eigenvalue weighted by molar-refractivity contribution is -0.114. The fourth-order valence-electron chi connectivity index (χ4n) is 2.46. The SMILES string of the molecule is CC(=O)Nc1cccc(CNC(=O)N(C)[C@H](C)c2ccccc2F)c1. The van der Waals surface area contributed by atoms with Crippen LogP contribution in [0.2, 0.25) is 0 Å². The van der Waals surface area contributed by atoms with Gasteiger partial charge in [-0.3, -0.25) is 4.79 Å². The van der Waals surface area contributed by atoms with Gasteiger partial charge >= 0.3 is 6.03 Å². The Labute approximate surface area is 146 Å². The Morgan fingerprint density at radius 2 is 1.88 bits per heavy atom. The minimum atomic E-state index is -0.396. The van der Waals surface area contributed by atoms with Crippen molar-refractivity contribution in [3.63, 3.8) is 0 Å². The summed E-state index contributed by atoms with van der Waals surface area (Å²) in [5.41, 5.74) is 1.99. The maximum atomic E-state index is 13.9. The lowest BCUT2D eigenvalue weighted by atomic mass is 10.1. The van der Waals surface area contributed by atoms with Gasteiger partial charge in [0.05, 0.1) is 6.04 Å². The largest absolute Gasteiger partial charge is 0.334 e. The van der Waals surface area contributed by atoms with Gasteiger partial charge in [-0.05, 0) is 30.7 Å². The Hall–Kier alpha value is -2.89. The Balaban J connectivity index is 1.98. The van der Waals surface area contributed by atoms with Crippen molar-refractivity contribution < 1.29 is 14.0 Å². The smallest absolute Gasteiger partial charge is 0.317 e. The fraction of sp³-hybridized carbons (Fsp3) is 0.263. The molecular formula is C19H22FN3O2. The number of hydrogen-bond acceptors (Lipinski definition) is 2. The van der Waals surface area contributed by atoms with Gasteiger partial charge in [-0.15, -0.1) is 0 Å². The highest BCUT2D eigenvalue weighted by Crippen LogP contribution is 2.21. The highest BCUT2D eigenvalue weighted by molar-refractivity contribution is 5.88. The second-order valence-corrected chi connectivity index (χ2v) is 5.85. The molecule has 0 saturated carbocycles. The van der Waals surface area contributed by atoms with Crippen LogP contribution in [0.15, 0.2) is 48.5 Å². The molecule has 0 aliphatic rings. The van der Waals surface area contributed by atoms with Crippen LogP contribution in [0.1, 0.15) is 31.0 Å². The molecule has 1 atom stereocenters. The zero-order valence-electron chi connectivity index (χ0n) is 14.5.